The minimum atomic E-state index is 0.0804. The molecule has 0 aliphatic carbocycles. The number of anilines is 1. The van der Waals surface area contributed by atoms with E-state index in [2.05, 4.69) is 30.0 Å². The van der Waals surface area contributed by atoms with Crippen LogP contribution in [-0.4, -0.2) is 30.8 Å². The van der Waals surface area contributed by atoms with Crippen molar-refractivity contribution in [1.82, 2.24) is 24.7 Å². The first kappa shape index (κ1) is 14.7. The number of hydrogen-bond acceptors (Lipinski definition) is 6. The Labute approximate surface area is 130 Å². The first-order valence-corrected chi connectivity index (χ1v) is 7.86. The van der Waals surface area contributed by atoms with Crippen molar-refractivity contribution in [1.29, 1.82) is 0 Å². The zero-order valence-corrected chi connectivity index (χ0v) is 13.1. The monoisotopic (exact) mass is 302 g/mol. The predicted molar refractivity (Wildman–Crippen MR) is 82.7 cm³/mol. The Balaban J connectivity index is 1.66. The van der Waals surface area contributed by atoms with Gasteiger partial charge in [-0.3, -0.25) is 4.98 Å². The normalized spacial score (nSPS) is 14.5. The summed E-state index contributed by atoms with van der Waals surface area (Å²) in [4.78, 5) is 8.54. The van der Waals surface area contributed by atoms with Gasteiger partial charge in [-0.15, -0.1) is 10.2 Å². The van der Waals surface area contributed by atoms with Gasteiger partial charge in [0.2, 0.25) is 5.88 Å². The molecular formula is C15H22N6O. The van der Waals surface area contributed by atoms with Crippen LogP contribution in [0.4, 0.5) is 5.82 Å². The summed E-state index contributed by atoms with van der Waals surface area (Å²) in [7, 11) is 0. The van der Waals surface area contributed by atoms with E-state index in [1.807, 2.05) is 13.8 Å². The highest BCUT2D eigenvalue weighted by molar-refractivity contribution is 5.33. The van der Waals surface area contributed by atoms with Crippen molar-refractivity contribution in [3.63, 3.8) is 0 Å². The quantitative estimate of drug-likeness (QED) is 0.912. The molecule has 7 heteroatoms. The molecule has 0 bridgehead atoms. The Kier molecular flexibility index (Phi) is 4.50. The fraction of sp³-hybridized carbons (Fsp3) is 0.600. The third-order valence-electron chi connectivity index (χ3n) is 3.58. The Morgan fingerprint density at radius 1 is 1.23 bits per heavy atom. The van der Waals surface area contributed by atoms with Crippen LogP contribution >= 0.6 is 0 Å². The van der Waals surface area contributed by atoms with E-state index < -0.39 is 0 Å². The average molecular weight is 302 g/mol. The van der Waals surface area contributed by atoms with Crippen LogP contribution in [0.3, 0.4) is 0 Å². The third kappa shape index (κ3) is 3.52. The van der Waals surface area contributed by atoms with Crippen LogP contribution in [0.1, 0.15) is 44.8 Å². The van der Waals surface area contributed by atoms with Gasteiger partial charge in [-0.25, -0.2) is 0 Å². The lowest BCUT2D eigenvalue weighted by molar-refractivity contribution is 0.232. The van der Waals surface area contributed by atoms with Gasteiger partial charge in [0, 0.05) is 13.0 Å². The summed E-state index contributed by atoms with van der Waals surface area (Å²) in [5, 5.41) is 11.8. The maximum absolute atomic E-state index is 5.55. The first-order chi connectivity index (χ1) is 10.7. The predicted octanol–water partition coefficient (Wildman–Crippen LogP) is 2.19. The molecule has 2 aromatic rings. The molecule has 7 nitrogen and oxygen atoms in total. The van der Waals surface area contributed by atoms with Crippen LogP contribution < -0.4 is 10.1 Å². The summed E-state index contributed by atoms with van der Waals surface area (Å²) in [5.74, 6) is 3.26. The fourth-order valence-electron chi connectivity index (χ4n) is 2.58. The average Bonchev–Trinajstić information content (AvgIpc) is 2.72. The number of fused-ring (bicyclic) bond motifs is 1. The molecule has 1 aliphatic heterocycles. The molecule has 0 amide bonds. The van der Waals surface area contributed by atoms with Gasteiger partial charge in [0.15, 0.2) is 5.82 Å². The van der Waals surface area contributed by atoms with E-state index in [1.54, 1.807) is 12.4 Å². The largest absolute Gasteiger partial charge is 0.474 e. The first-order valence-electron chi connectivity index (χ1n) is 7.86. The van der Waals surface area contributed by atoms with Gasteiger partial charge < -0.3 is 14.6 Å². The van der Waals surface area contributed by atoms with Crippen LogP contribution in [0.2, 0.25) is 0 Å². The SMILES string of the molecule is CC(C)Oc1cncc(NCc2nnc3n2CCCCC3)n1. The van der Waals surface area contributed by atoms with E-state index in [0.717, 1.165) is 24.6 Å². The summed E-state index contributed by atoms with van der Waals surface area (Å²) < 4.78 is 7.78. The minimum absolute atomic E-state index is 0.0804. The summed E-state index contributed by atoms with van der Waals surface area (Å²) >= 11 is 0. The standard InChI is InChI=1S/C15H22N6O/c1-11(2)22-15-10-16-8-12(18-15)17-9-14-20-19-13-6-4-3-5-7-21(13)14/h8,10-11H,3-7,9H2,1-2H3,(H,17,18). The summed E-state index contributed by atoms with van der Waals surface area (Å²) in [5.41, 5.74) is 0. The zero-order chi connectivity index (χ0) is 15.4. The lowest BCUT2D eigenvalue weighted by Crippen LogP contribution is -2.12. The van der Waals surface area contributed by atoms with Gasteiger partial charge in [-0.2, -0.15) is 4.98 Å². The Hall–Kier alpha value is -2.18. The maximum atomic E-state index is 5.55. The number of ether oxygens (including phenoxy) is 1. The van der Waals surface area contributed by atoms with Gasteiger partial charge >= 0.3 is 0 Å². The fourth-order valence-corrected chi connectivity index (χ4v) is 2.58. The zero-order valence-electron chi connectivity index (χ0n) is 13.1. The molecule has 3 rings (SSSR count). The second-order valence-corrected chi connectivity index (χ2v) is 5.76. The molecule has 1 aliphatic rings. The number of aryl methyl sites for hydroxylation is 1. The number of hydrogen-bond donors (Lipinski definition) is 1. The van der Waals surface area contributed by atoms with E-state index in [0.29, 0.717) is 18.2 Å². The topological polar surface area (TPSA) is 77.8 Å². The molecule has 0 atom stereocenters. The molecule has 0 spiro atoms. The van der Waals surface area contributed by atoms with Gasteiger partial charge in [0.1, 0.15) is 11.6 Å². The minimum Gasteiger partial charge on any atom is -0.474 e. The summed E-state index contributed by atoms with van der Waals surface area (Å²) in [6.45, 7) is 5.52. The molecule has 2 aromatic heterocycles. The van der Waals surface area contributed by atoms with E-state index in [-0.39, 0.29) is 6.10 Å². The molecule has 22 heavy (non-hydrogen) atoms. The molecule has 0 fully saturated rings. The number of rotatable bonds is 5. The van der Waals surface area contributed by atoms with Gasteiger partial charge in [0.25, 0.3) is 0 Å². The highest BCUT2D eigenvalue weighted by Gasteiger charge is 2.14. The van der Waals surface area contributed by atoms with Crippen LogP contribution in [-0.2, 0) is 19.5 Å². The molecule has 0 radical (unpaired) electrons. The van der Waals surface area contributed by atoms with E-state index in [9.17, 15) is 0 Å². The molecule has 118 valence electrons. The number of nitrogens with one attached hydrogen (secondary N) is 1. The molecule has 0 saturated carbocycles. The van der Waals surface area contributed by atoms with Crippen molar-refractivity contribution < 1.29 is 4.74 Å². The Morgan fingerprint density at radius 3 is 3.00 bits per heavy atom. The Morgan fingerprint density at radius 2 is 2.14 bits per heavy atom. The van der Waals surface area contributed by atoms with Crippen LogP contribution in [0.5, 0.6) is 5.88 Å². The van der Waals surface area contributed by atoms with E-state index in [1.165, 1.54) is 19.3 Å². The molecule has 0 aromatic carbocycles. The highest BCUT2D eigenvalue weighted by Crippen LogP contribution is 2.16. The molecule has 0 saturated heterocycles. The van der Waals surface area contributed by atoms with Crippen LogP contribution in [0.15, 0.2) is 12.4 Å². The van der Waals surface area contributed by atoms with Crippen molar-refractivity contribution in [2.24, 2.45) is 0 Å². The van der Waals surface area contributed by atoms with Gasteiger partial charge in [-0.05, 0) is 26.7 Å². The summed E-state index contributed by atoms with van der Waals surface area (Å²) in [6, 6.07) is 0. The third-order valence-corrected chi connectivity index (χ3v) is 3.58. The van der Waals surface area contributed by atoms with Crippen molar-refractivity contribution in [3.05, 3.63) is 24.0 Å². The molecule has 0 unspecified atom stereocenters. The van der Waals surface area contributed by atoms with Crippen molar-refractivity contribution in [2.75, 3.05) is 5.32 Å². The number of aromatic nitrogens is 5. The summed E-state index contributed by atoms with van der Waals surface area (Å²) in [6.07, 6.45) is 8.06. The van der Waals surface area contributed by atoms with Gasteiger partial charge in [0.05, 0.1) is 25.0 Å². The second kappa shape index (κ2) is 6.72. The van der Waals surface area contributed by atoms with E-state index >= 15 is 0 Å². The van der Waals surface area contributed by atoms with Gasteiger partial charge in [-0.1, -0.05) is 6.42 Å². The van der Waals surface area contributed by atoms with Crippen molar-refractivity contribution in [2.45, 2.75) is 58.7 Å². The number of nitrogens with zero attached hydrogens (tertiary/aromatic N) is 5. The van der Waals surface area contributed by atoms with Crippen molar-refractivity contribution in [3.8, 4) is 5.88 Å². The molecule has 1 N–H and O–H groups in total. The lowest BCUT2D eigenvalue weighted by Gasteiger charge is -2.11. The smallest absolute Gasteiger partial charge is 0.234 e. The maximum Gasteiger partial charge on any atom is 0.234 e. The lowest BCUT2D eigenvalue weighted by atomic mass is 10.2. The van der Waals surface area contributed by atoms with E-state index in [4.69, 9.17) is 4.74 Å². The highest BCUT2D eigenvalue weighted by atomic mass is 16.5. The van der Waals surface area contributed by atoms with Crippen LogP contribution in [0.25, 0.3) is 0 Å². The van der Waals surface area contributed by atoms with Crippen LogP contribution in [0, 0.1) is 0 Å². The molecular weight excluding hydrogens is 280 g/mol. The Bertz CT molecular complexity index is 624. The second-order valence-electron chi connectivity index (χ2n) is 5.76. The molecule has 3 heterocycles. The van der Waals surface area contributed by atoms with Crippen molar-refractivity contribution >= 4 is 5.82 Å².